The Morgan fingerprint density at radius 1 is 0.750 bits per heavy atom. The Kier molecular flexibility index (Phi) is 11.7. The van der Waals surface area contributed by atoms with Crippen LogP contribution in [0.2, 0.25) is 0 Å². The first-order valence-electron chi connectivity index (χ1n) is 20.4. The van der Waals surface area contributed by atoms with Crippen LogP contribution in [0, 0.1) is 34.0 Å². The van der Waals surface area contributed by atoms with Crippen LogP contribution < -0.4 is 0 Å². The van der Waals surface area contributed by atoms with Gasteiger partial charge in [0.2, 0.25) is 0 Å². The summed E-state index contributed by atoms with van der Waals surface area (Å²) in [5.74, 6) is 0.406. The van der Waals surface area contributed by atoms with Crippen LogP contribution >= 0.6 is 0 Å². The lowest BCUT2D eigenvalue weighted by Gasteiger charge is -2.59. The number of hydrogen-bond donors (Lipinski definition) is 1. The van der Waals surface area contributed by atoms with Gasteiger partial charge in [-0.3, -0.25) is 19.2 Å². The van der Waals surface area contributed by atoms with Crippen molar-refractivity contribution in [3.05, 3.63) is 0 Å². The molecular formula is C42H68O10. The maximum absolute atomic E-state index is 12.4. The first-order valence-corrected chi connectivity index (χ1v) is 20.4. The van der Waals surface area contributed by atoms with Crippen LogP contribution in [0.15, 0.2) is 0 Å². The van der Waals surface area contributed by atoms with Crippen LogP contribution in [0.25, 0.3) is 0 Å². The van der Waals surface area contributed by atoms with Crippen molar-refractivity contribution in [3.63, 3.8) is 0 Å². The van der Waals surface area contributed by atoms with Crippen LogP contribution in [-0.4, -0.2) is 70.2 Å². The van der Waals surface area contributed by atoms with Crippen molar-refractivity contribution >= 4 is 23.9 Å². The Morgan fingerprint density at radius 2 is 1.27 bits per heavy atom. The molecule has 296 valence electrons. The second kappa shape index (κ2) is 14.8. The topological polar surface area (TPSA) is 135 Å². The van der Waals surface area contributed by atoms with Gasteiger partial charge in [0.05, 0.1) is 33.9 Å². The summed E-state index contributed by atoms with van der Waals surface area (Å²) in [6.45, 7) is 19.6. The standard InChI is InChI=1S/C16H26O3.C13H18O5.C13H24O2/c1-4-14(2,3)13(17)19-16-8-11-5-12(9-16)7-15(18,6-11)10-16;1-4-13(2,3)12(15)18-9-7-5-6-8(16-7)10(9)17-11(6)14;1-5-12(2,3)11(14)15-13(4)9-7-6-8-10-13/h11-12,18H,4-10H2,1-3H3;6-10H,4-5H2,1-3H3;5-10H2,1-4H3. The average molecular weight is 733 g/mol. The van der Waals surface area contributed by atoms with E-state index in [9.17, 15) is 24.3 Å². The fraction of sp³-hybridized carbons (Fsp3) is 0.905. The molecule has 52 heavy (non-hydrogen) atoms. The van der Waals surface area contributed by atoms with Crippen molar-refractivity contribution in [1.82, 2.24) is 0 Å². The second-order valence-electron chi connectivity index (χ2n) is 19.6. The zero-order valence-electron chi connectivity index (χ0n) is 33.8. The molecule has 1 N–H and O–H groups in total. The maximum Gasteiger partial charge on any atom is 0.312 e. The van der Waals surface area contributed by atoms with Gasteiger partial charge in [0.15, 0.2) is 12.2 Å². The second-order valence-corrected chi connectivity index (χ2v) is 19.6. The molecule has 8 aliphatic rings. The molecular weight excluding hydrogens is 664 g/mol. The largest absolute Gasteiger partial charge is 0.459 e. The molecule has 8 rings (SSSR count). The summed E-state index contributed by atoms with van der Waals surface area (Å²) < 4.78 is 28.1. The first-order chi connectivity index (χ1) is 24.1. The molecule has 3 saturated heterocycles. The van der Waals surface area contributed by atoms with Crippen LogP contribution in [0.1, 0.15) is 166 Å². The highest BCUT2D eigenvalue weighted by Crippen LogP contribution is 2.59. The summed E-state index contributed by atoms with van der Waals surface area (Å²) in [5.41, 5.74) is -2.36. The molecule has 7 atom stereocenters. The van der Waals surface area contributed by atoms with Crippen molar-refractivity contribution in [1.29, 1.82) is 0 Å². The molecule has 0 aromatic heterocycles. The third-order valence-electron chi connectivity index (χ3n) is 13.9. The Bertz CT molecular complexity index is 1330. The van der Waals surface area contributed by atoms with Crippen LogP contribution in [0.3, 0.4) is 0 Å². The van der Waals surface area contributed by atoms with E-state index in [4.69, 9.17) is 23.7 Å². The van der Waals surface area contributed by atoms with E-state index >= 15 is 0 Å². The Hall–Kier alpha value is -2.20. The van der Waals surface area contributed by atoms with Crippen LogP contribution in [0.4, 0.5) is 0 Å². The Balaban J connectivity index is 0.000000152. The number of fused-ring (bicyclic) bond motifs is 1. The highest BCUT2D eigenvalue weighted by molar-refractivity contribution is 5.79. The fourth-order valence-electron chi connectivity index (χ4n) is 9.45. The molecule has 7 unspecified atom stereocenters. The molecule has 8 fully saturated rings. The van der Waals surface area contributed by atoms with Crippen molar-refractivity contribution in [2.45, 2.75) is 207 Å². The van der Waals surface area contributed by atoms with E-state index in [1.807, 2.05) is 62.3 Å². The fourth-order valence-corrected chi connectivity index (χ4v) is 9.45. The third kappa shape index (κ3) is 8.53. The molecule has 0 aromatic carbocycles. The van der Waals surface area contributed by atoms with E-state index in [1.165, 1.54) is 25.7 Å². The quantitative estimate of drug-likeness (QED) is 0.185. The third-order valence-corrected chi connectivity index (χ3v) is 13.9. The van der Waals surface area contributed by atoms with Crippen molar-refractivity contribution in [2.24, 2.45) is 34.0 Å². The zero-order chi connectivity index (χ0) is 38.5. The molecule has 0 spiro atoms. The van der Waals surface area contributed by atoms with Gasteiger partial charge in [-0.2, -0.15) is 0 Å². The summed E-state index contributed by atoms with van der Waals surface area (Å²) in [6, 6.07) is 0. The number of rotatable bonds is 9. The van der Waals surface area contributed by atoms with Gasteiger partial charge in [-0.1, -0.05) is 27.2 Å². The number of esters is 4. The zero-order valence-corrected chi connectivity index (χ0v) is 33.8. The van der Waals surface area contributed by atoms with Gasteiger partial charge in [-0.25, -0.2) is 0 Å². The molecule has 5 aliphatic carbocycles. The summed E-state index contributed by atoms with van der Waals surface area (Å²) in [6.07, 6.45) is 13.1. The SMILES string of the molecule is CCC(C)(C)C(=O)OC1(C)CCCCC1.CCC(C)(C)C(=O)OC12CC3CC(CC(O)(C3)C1)C2.CCC(C)(C)C(=O)OC1C2CC3C(=O)OC1C3O2. The van der Waals surface area contributed by atoms with E-state index < -0.39 is 28.6 Å². The first kappa shape index (κ1) is 41.0. The summed E-state index contributed by atoms with van der Waals surface area (Å²) in [5, 5.41) is 10.6. The lowest BCUT2D eigenvalue weighted by molar-refractivity contribution is -0.225. The normalized spacial score (nSPS) is 36.5. The smallest absolute Gasteiger partial charge is 0.312 e. The number of hydrogen-bond acceptors (Lipinski definition) is 10. The van der Waals surface area contributed by atoms with E-state index in [0.717, 1.165) is 51.4 Å². The number of aliphatic hydroxyl groups is 1. The van der Waals surface area contributed by atoms with Gasteiger partial charge in [0, 0.05) is 6.42 Å². The molecule has 3 aliphatic heterocycles. The van der Waals surface area contributed by atoms with Crippen molar-refractivity contribution < 1.29 is 48.0 Å². The molecule has 5 saturated carbocycles. The van der Waals surface area contributed by atoms with Gasteiger partial charge in [-0.15, -0.1) is 0 Å². The molecule has 0 radical (unpaired) electrons. The van der Waals surface area contributed by atoms with Crippen LogP contribution in [0.5, 0.6) is 0 Å². The predicted octanol–water partition coefficient (Wildman–Crippen LogP) is 7.79. The predicted molar refractivity (Wildman–Crippen MR) is 195 cm³/mol. The van der Waals surface area contributed by atoms with E-state index in [0.29, 0.717) is 31.1 Å². The van der Waals surface area contributed by atoms with Crippen LogP contribution in [-0.2, 0) is 42.9 Å². The number of carbonyl (C=O) groups excluding carboxylic acids is 4. The number of carbonyl (C=O) groups is 4. The minimum Gasteiger partial charge on any atom is -0.459 e. The molecule has 0 aromatic rings. The monoisotopic (exact) mass is 732 g/mol. The minimum absolute atomic E-state index is 0.0330. The van der Waals surface area contributed by atoms with Crippen molar-refractivity contribution in [3.8, 4) is 0 Å². The van der Waals surface area contributed by atoms with E-state index in [1.54, 1.807) is 0 Å². The van der Waals surface area contributed by atoms with E-state index in [-0.39, 0.29) is 58.6 Å². The van der Waals surface area contributed by atoms with Gasteiger partial charge in [0.1, 0.15) is 17.3 Å². The maximum atomic E-state index is 12.4. The Labute approximate surface area is 312 Å². The molecule has 10 nitrogen and oxygen atoms in total. The minimum atomic E-state index is -0.555. The average Bonchev–Trinajstić information content (AvgIpc) is 3.69. The summed E-state index contributed by atoms with van der Waals surface area (Å²) in [4.78, 5) is 47.9. The Morgan fingerprint density at radius 3 is 1.79 bits per heavy atom. The lowest BCUT2D eigenvalue weighted by Crippen LogP contribution is -2.61. The highest BCUT2D eigenvalue weighted by Gasteiger charge is 2.65. The molecule has 0 amide bonds. The molecule has 3 heterocycles. The lowest BCUT2D eigenvalue weighted by atomic mass is 9.52. The summed E-state index contributed by atoms with van der Waals surface area (Å²) in [7, 11) is 0. The van der Waals surface area contributed by atoms with Gasteiger partial charge < -0.3 is 28.8 Å². The number of ether oxygens (including phenoxy) is 5. The van der Waals surface area contributed by atoms with E-state index in [2.05, 4.69) is 6.92 Å². The molecule has 10 heteroatoms. The highest BCUT2D eigenvalue weighted by atomic mass is 16.7. The van der Waals surface area contributed by atoms with Gasteiger partial charge in [-0.05, 0) is 144 Å². The summed E-state index contributed by atoms with van der Waals surface area (Å²) >= 11 is 0. The van der Waals surface area contributed by atoms with Gasteiger partial charge in [0.25, 0.3) is 0 Å². The molecule has 6 bridgehead atoms. The van der Waals surface area contributed by atoms with Gasteiger partial charge >= 0.3 is 23.9 Å². The van der Waals surface area contributed by atoms with Crippen molar-refractivity contribution in [2.75, 3.05) is 0 Å².